The Kier molecular flexibility index (Phi) is 2.71. The van der Waals surface area contributed by atoms with Crippen molar-refractivity contribution in [3.8, 4) is 5.69 Å². The van der Waals surface area contributed by atoms with E-state index in [1.807, 2.05) is 59.3 Å². The molecule has 3 heteroatoms. The van der Waals surface area contributed by atoms with Crippen LogP contribution < -0.4 is 0 Å². The predicted molar refractivity (Wildman–Crippen MR) is 96.0 cm³/mol. The molecule has 0 N–H and O–H groups in total. The van der Waals surface area contributed by atoms with Gasteiger partial charge >= 0.3 is 0 Å². The molecule has 5 aromatic rings. The SMILES string of the molecule is Fc1ccc2c(c1)c1ccccc1c1cn(-c3ccccc3)nc21. The van der Waals surface area contributed by atoms with E-state index in [1.54, 1.807) is 6.07 Å². The summed E-state index contributed by atoms with van der Waals surface area (Å²) in [6.07, 6.45) is 2.05. The van der Waals surface area contributed by atoms with E-state index in [4.69, 9.17) is 5.10 Å². The van der Waals surface area contributed by atoms with E-state index in [9.17, 15) is 4.39 Å². The molecule has 0 amide bonds. The Bertz CT molecular complexity index is 1210. The van der Waals surface area contributed by atoms with Crippen molar-refractivity contribution in [3.05, 3.63) is 84.8 Å². The molecule has 1 heterocycles. The van der Waals surface area contributed by atoms with Crippen LogP contribution in [0.3, 0.4) is 0 Å². The second-order valence-corrected chi connectivity index (χ2v) is 5.91. The molecule has 24 heavy (non-hydrogen) atoms. The lowest BCUT2D eigenvalue weighted by Crippen LogP contribution is -1.92. The van der Waals surface area contributed by atoms with Gasteiger partial charge in [0.25, 0.3) is 0 Å². The summed E-state index contributed by atoms with van der Waals surface area (Å²) < 4.78 is 15.7. The molecule has 5 rings (SSSR count). The molecule has 0 saturated heterocycles. The fourth-order valence-corrected chi connectivity index (χ4v) is 3.38. The number of hydrogen-bond acceptors (Lipinski definition) is 1. The molecule has 4 aromatic carbocycles. The van der Waals surface area contributed by atoms with Crippen molar-refractivity contribution >= 4 is 32.4 Å². The summed E-state index contributed by atoms with van der Waals surface area (Å²) in [5, 5.41) is 9.87. The minimum Gasteiger partial charge on any atom is -0.240 e. The van der Waals surface area contributed by atoms with Crippen LogP contribution in [0.2, 0.25) is 0 Å². The Morgan fingerprint density at radius 1 is 0.667 bits per heavy atom. The Hall–Kier alpha value is -3.20. The van der Waals surface area contributed by atoms with Crippen LogP contribution in [0.5, 0.6) is 0 Å². The zero-order chi connectivity index (χ0) is 16.1. The fourth-order valence-electron chi connectivity index (χ4n) is 3.38. The summed E-state index contributed by atoms with van der Waals surface area (Å²) in [7, 11) is 0. The molecule has 0 unspecified atom stereocenters. The number of halogens is 1. The average molecular weight is 312 g/mol. The second-order valence-electron chi connectivity index (χ2n) is 5.91. The standard InChI is InChI=1S/C21H13FN2/c22-14-10-11-18-19(12-14)16-8-4-5-9-17(16)20-13-24(23-21(18)20)15-6-2-1-3-7-15/h1-13H. The van der Waals surface area contributed by atoms with E-state index in [0.29, 0.717) is 0 Å². The topological polar surface area (TPSA) is 17.8 Å². The first-order valence-electron chi connectivity index (χ1n) is 7.86. The Labute approximate surface area is 137 Å². The second kappa shape index (κ2) is 4.90. The zero-order valence-corrected chi connectivity index (χ0v) is 12.8. The van der Waals surface area contributed by atoms with Gasteiger partial charge in [0.15, 0.2) is 0 Å². The van der Waals surface area contributed by atoms with Gasteiger partial charge < -0.3 is 0 Å². The van der Waals surface area contributed by atoms with Crippen LogP contribution in [0.25, 0.3) is 38.1 Å². The van der Waals surface area contributed by atoms with Gasteiger partial charge in [-0.1, -0.05) is 42.5 Å². The third-order valence-electron chi connectivity index (χ3n) is 4.48. The molecule has 114 valence electrons. The van der Waals surface area contributed by atoms with Gasteiger partial charge in [0, 0.05) is 17.0 Å². The first-order chi connectivity index (χ1) is 11.8. The van der Waals surface area contributed by atoms with Crippen LogP contribution in [0, 0.1) is 5.82 Å². The first-order valence-corrected chi connectivity index (χ1v) is 7.86. The highest BCUT2D eigenvalue weighted by molar-refractivity contribution is 6.24. The Morgan fingerprint density at radius 2 is 1.38 bits per heavy atom. The van der Waals surface area contributed by atoms with Crippen LogP contribution in [0.4, 0.5) is 4.39 Å². The number of aromatic nitrogens is 2. The van der Waals surface area contributed by atoms with Gasteiger partial charge in [0.1, 0.15) is 11.3 Å². The maximum absolute atomic E-state index is 13.8. The van der Waals surface area contributed by atoms with Gasteiger partial charge in [-0.25, -0.2) is 9.07 Å². The van der Waals surface area contributed by atoms with Crippen LogP contribution in [-0.4, -0.2) is 9.78 Å². The quantitative estimate of drug-likeness (QED) is 0.375. The normalized spacial score (nSPS) is 11.5. The molecule has 2 nitrogen and oxygen atoms in total. The van der Waals surface area contributed by atoms with Crippen molar-refractivity contribution in [1.29, 1.82) is 0 Å². The zero-order valence-electron chi connectivity index (χ0n) is 12.8. The van der Waals surface area contributed by atoms with E-state index >= 15 is 0 Å². The monoisotopic (exact) mass is 312 g/mol. The van der Waals surface area contributed by atoms with Crippen molar-refractivity contribution in [2.75, 3.05) is 0 Å². The van der Waals surface area contributed by atoms with Gasteiger partial charge in [-0.2, -0.15) is 5.10 Å². The van der Waals surface area contributed by atoms with E-state index in [0.717, 1.165) is 38.1 Å². The van der Waals surface area contributed by atoms with E-state index < -0.39 is 0 Å². The number of benzene rings is 4. The van der Waals surface area contributed by atoms with Crippen molar-refractivity contribution in [2.24, 2.45) is 0 Å². The minimum absolute atomic E-state index is 0.227. The average Bonchev–Trinajstić information content (AvgIpc) is 3.08. The number of para-hydroxylation sites is 1. The fraction of sp³-hybridized carbons (Fsp3) is 0. The lowest BCUT2D eigenvalue weighted by molar-refractivity contribution is 0.630. The molecule has 0 aliphatic heterocycles. The molecule has 0 aliphatic rings. The molecule has 1 aromatic heterocycles. The summed E-state index contributed by atoms with van der Waals surface area (Å²) in [5.74, 6) is -0.227. The highest BCUT2D eigenvalue weighted by atomic mass is 19.1. The van der Waals surface area contributed by atoms with Crippen molar-refractivity contribution in [3.63, 3.8) is 0 Å². The number of nitrogens with zero attached hydrogens (tertiary/aromatic N) is 2. The largest absolute Gasteiger partial charge is 0.240 e. The molecule has 0 aliphatic carbocycles. The number of fused-ring (bicyclic) bond motifs is 6. The third kappa shape index (κ3) is 1.85. The van der Waals surface area contributed by atoms with Crippen LogP contribution in [0.1, 0.15) is 0 Å². The molecule has 0 radical (unpaired) electrons. The molecule has 0 bridgehead atoms. The first kappa shape index (κ1) is 13.3. The number of rotatable bonds is 1. The van der Waals surface area contributed by atoms with Crippen molar-refractivity contribution in [1.82, 2.24) is 9.78 Å². The minimum atomic E-state index is -0.227. The Morgan fingerprint density at radius 3 is 2.17 bits per heavy atom. The summed E-state index contributed by atoms with van der Waals surface area (Å²) in [4.78, 5) is 0. The smallest absolute Gasteiger partial charge is 0.123 e. The van der Waals surface area contributed by atoms with Gasteiger partial charge in [-0.3, -0.25) is 0 Å². The summed E-state index contributed by atoms with van der Waals surface area (Å²) >= 11 is 0. The highest BCUT2D eigenvalue weighted by Crippen LogP contribution is 2.35. The Balaban J connectivity index is 1.98. The third-order valence-corrected chi connectivity index (χ3v) is 4.48. The lowest BCUT2D eigenvalue weighted by Gasteiger charge is -2.05. The van der Waals surface area contributed by atoms with Crippen LogP contribution in [-0.2, 0) is 0 Å². The van der Waals surface area contributed by atoms with E-state index in [-0.39, 0.29) is 5.82 Å². The maximum Gasteiger partial charge on any atom is 0.123 e. The predicted octanol–water partition coefficient (Wildman–Crippen LogP) is 5.47. The van der Waals surface area contributed by atoms with Crippen molar-refractivity contribution in [2.45, 2.75) is 0 Å². The van der Waals surface area contributed by atoms with E-state index in [1.165, 1.54) is 6.07 Å². The van der Waals surface area contributed by atoms with Crippen LogP contribution >= 0.6 is 0 Å². The highest BCUT2D eigenvalue weighted by Gasteiger charge is 2.13. The molecule has 0 spiro atoms. The molecule has 0 atom stereocenters. The van der Waals surface area contributed by atoms with Gasteiger partial charge in [-0.05, 0) is 46.5 Å². The summed E-state index contributed by atoms with van der Waals surface area (Å²) in [5.41, 5.74) is 1.90. The summed E-state index contributed by atoms with van der Waals surface area (Å²) in [6.45, 7) is 0. The van der Waals surface area contributed by atoms with Crippen LogP contribution in [0.15, 0.2) is 79.0 Å². The van der Waals surface area contributed by atoms with Gasteiger partial charge in [-0.15, -0.1) is 0 Å². The maximum atomic E-state index is 13.8. The summed E-state index contributed by atoms with van der Waals surface area (Å²) in [6, 6.07) is 23.0. The van der Waals surface area contributed by atoms with Gasteiger partial charge in [0.05, 0.1) is 5.69 Å². The molecular formula is C21H13FN2. The van der Waals surface area contributed by atoms with E-state index in [2.05, 4.69) is 12.3 Å². The lowest BCUT2D eigenvalue weighted by atomic mass is 9.98. The van der Waals surface area contributed by atoms with Crippen molar-refractivity contribution < 1.29 is 4.39 Å². The molecule has 0 saturated carbocycles. The van der Waals surface area contributed by atoms with Gasteiger partial charge in [0.2, 0.25) is 0 Å². The molecule has 0 fully saturated rings. The number of hydrogen-bond donors (Lipinski definition) is 0. The molecular weight excluding hydrogens is 299 g/mol.